The second-order valence-corrected chi connectivity index (χ2v) is 7.13. The van der Waals surface area contributed by atoms with Crippen LogP contribution >= 0.6 is 11.6 Å². The molecule has 0 spiro atoms. The Morgan fingerprint density at radius 3 is 2.16 bits per heavy atom. The summed E-state index contributed by atoms with van der Waals surface area (Å²) in [5, 5.41) is 11.6. The van der Waals surface area contributed by atoms with Gasteiger partial charge in [-0.05, 0) is 36.4 Å². The van der Waals surface area contributed by atoms with E-state index < -0.39 is 41.3 Å². The molecule has 4 rings (SSSR count). The Labute approximate surface area is 174 Å². The van der Waals surface area contributed by atoms with Gasteiger partial charge in [0, 0.05) is 10.4 Å². The van der Waals surface area contributed by atoms with Crippen molar-refractivity contribution in [2.45, 2.75) is 18.6 Å². The quantitative estimate of drug-likeness (QED) is 0.496. The molecule has 5 nitrogen and oxygen atoms in total. The van der Waals surface area contributed by atoms with Gasteiger partial charge in [0.2, 0.25) is 0 Å². The summed E-state index contributed by atoms with van der Waals surface area (Å²) >= 11 is 5.90. The van der Waals surface area contributed by atoms with Crippen LogP contribution in [0, 0.1) is 0 Å². The van der Waals surface area contributed by atoms with Crippen LogP contribution in [0.5, 0.6) is 0 Å². The summed E-state index contributed by atoms with van der Waals surface area (Å²) in [4.78, 5) is 17.1. The number of hydrogen-bond acceptors (Lipinski definition) is 4. The number of benzene rings is 2. The third kappa shape index (κ3) is 3.91. The predicted molar refractivity (Wildman–Crippen MR) is 98.1 cm³/mol. The van der Waals surface area contributed by atoms with E-state index in [4.69, 9.17) is 11.6 Å². The first-order valence-electron chi connectivity index (χ1n) is 8.53. The van der Waals surface area contributed by atoms with Crippen molar-refractivity contribution in [2.75, 3.05) is 5.01 Å². The fraction of sp³-hybridized carbons (Fsp3) is 0.158. The first kappa shape index (κ1) is 21.3. The fourth-order valence-corrected chi connectivity index (χ4v) is 3.32. The fourth-order valence-electron chi connectivity index (χ4n) is 3.16. The Morgan fingerprint density at radius 1 is 0.968 bits per heavy atom. The smallest absolute Gasteiger partial charge is 0.371 e. The lowest BCUT2D eigenvalue weighted by molar-refractivity contribution is -0.143. The minimum atomic E-state index is -5.09. The Bertz CT molecular complexity index is 1180. The summed E-state index contributed by atoms with van der Waals surface area (Å²) in [5.74, 6) is -0.989. The number of amides is 1. The van der Waals surface area contributed by atoms with Gasteiger partial charge in [-0.25, -0.2) is 9.99 Å². The lowest BCUT2D eigenvalue weighted by atomic mass is 10.0. The van der Waals surface area contributed by atoms with Gasteiger partial charge >= 0.3 is 12.4 Å². The number of alkyl halides is 6. The number of pyridine rings is 1. The summed E-state index contributed by atoms with van der Waals surface area (Å²) in [7, 11) is 0. The summed E-state index contributed by atoms with van der Waals surface area (Å²) < 4.78 is 79.0. The second kappa shape index (κ2) is 7.08. The Balaban J connectivity index is 1.86. The molecule has 0 fully saturated rings. The molecule has 0 saturated heterocycles. The SMILES string of the molecule is O=C1c2cc3ccc(Cl)cc3nc2C(O)NN1c1cc(C(F)(F)F)cc(C(F)(F)F)c1. The van der Waals surface area contributed by atoms with Crippen molar-refractivity contribution in [1.82, 2.24) is 10.4 Å². The highest BCUT2D eigenvalue weighted by molar-refractivity contribution is 6.31. The first-order valence-corrected chi connectivity index (χ1v) is 8.91. The molecule has 162 valence electrons. The van der Waals surface area contributed by atoms with Gasteiger partial charge in [-0.2, -0.15) is 31.8 Å². The summed E-state index contributed by atoms with van der Waals surface area (Å²) in [6.07, 6.45) is -11.9. The van der Waals surface area contributed by atoms with Gasteiger partial charge in [-0.1, -0.05) is 17.7 Å². The lowest BCUT2D eigenvalue weighted by Crippen LogP contribution is -2.50. The lowest BCUT2D eigenvalue weighted by Gasteiger charge is -2.33. The molecule has 1 aromatic heterocycles. The Hall–Kier alpha value is -2.89. The van der Waals surface area contributed by atoms with Gasteiger partial charge < -0.3 is 5.11 Å². The van der Waals surface area contributed by atoms with E-state index in [1.54, 1.807) is 0 Å². The van der Waals surface area contributed by atoms with Crippen LogP contribution in [-0.2, 0) is 12.4 Å². The largest absolute Gasteiger partial charge is 0.416 e. The number of aliphatic hydroxyl groups is 1. The number of hydrazine groups is 1. The molecule has 3 aromatic rings. The topological polar surface area (TPSA) is 65.5 Å². The molecule has 1 aliphatic rings. The predicted octanol–water partition coefficient (Wildman–Crippen LogP) is 5.08. The summed E-state index contributed by atoms with van der Waals surface area (Å²) in [6, 6.07) is 6.55. The van der Waals surface area contributed by atoms with Crippen molar-refractivity contribution in [1.29, 1.82) is 0 Å². The van der Waals surface area contributed by atoms with Crippen LogP contribution in [0.25, 0.3) is 10.9 Å². The van der Waals surface area contributed by atoms with Crippen LogP contribution in [0.1, 0.15) is 33.4 Å². The van der Waals surface area contributed by atoms with Crippen LogP contribution in [0.2, 0.25) is 5.02 Å². The van der Waals surface area contributed by atoms with E-state index in [1.165, 1.54) is 24.3 Å². The van der Waals surface area contributed by atoms with E-state index in [9.17, 15) is 36.2 Å². The highest BCUT2D eigenvalue weighted by Crippen LogP contribution is 2.39. The van der Waals surface area contributed by atoms with Crippen LogP contribution in [0.15, 0.2) is 42.5 Å². The molecule has 12 heteroatoms. The maximum Gasteiger partial charge on any atom is 0.416 e. The molecule has 0 radical (unpaired) electrons. The van der Waals surface area contributed by atoms with Gasteiger partial charge in [-0.15, -0.1) is 0 Å². The van der Waals surface area contributed by atoms with E-state index in [2.05, 4.69) is 10.4 Å². The van der Waals surface area contributed by atoms with Crippen LogP contribution < -0.4 is 10.4 Å². The van der Waals surface area contributed by atoms with Crippen molar-refractivity contribution in [3.05, 3.63) is 69.9 Å². The normalized spacial score (nSPS) is 17.2. The summed E-state index contributed by atoms with van der Waals surface area (Å²) in [6.45, 7) is 0. The number of nitrogens with one attached hydrogen (secondary N) is 1. The number of nitrogens with zero attached hydrogens (tertiary/aromatic N) is 2. The van der Waals surface area contributed by atoms with Crippen molar-refractivity contribution in [3.8, 4) is 0 Å². The van der Waals surface area contributed by atoms with Gasteiger partial charge in [-0.3, -0.25) is 4.79 Å². The highest BCUT2D eigenvalue weighted by Gasteiger charge is 2.39. The highest BCUT2D eigenvalue weighted by atomic mass is 35.5. The average molecular weight is 462 g/mol. The zero-order valence-corrected chi connectivity index (χ0v) is 15.8. The molecule has 1 aliphatic heterocycles. The second-order valence-electron chi connectivity index (χ2n) is 6.69. The molecule has 2 heterocycles. The van der Waals surface area contributed by atoms with Gasteiger partial charge in [0.25, 0.3) is 5.91 Å². The molecule has 1 amide bonds. The van der Waals surface area contributed by atoms with Crippen molar-refractivity contribution in [2.24, 2.45) is 0 Å². The number of hydrogen-bond donors (Lipinski definition) is 2. The standard InChI is InChI=1S/C19H10ClF6N3O2/c20-11-2-1-8-3-13-15(27-14(8)7-11)16(30)28-29(17(13)31)12-5-9(18(21,22)23)4-10(6-12)19(24,25)26/h1-7,16,28,30H. The van der Waals surface area contributed by atoms with Crippen molar-refractivity contribution in [3.63, 3.8) is 0 Å². The Kier molecular flexibility index (Phi) is 4.87. The van der Waals surface area contributed by atoms with Crippen LogP contribution in [0.3, 0.4) is 0 Å². The molecule has 2 aromatic carbocycles. The van der Waals surface area contributed by atoms with Crippen molar-refractivity contribution < 1.29 is 36.2 Å². The van der Waals surface area contributed by atoms with E-state index >= 15 is 0 Å². The maximum atomic E-state index is 13.2. The molecule has 1 unspecified atom stereocenters. The minimum Gasteiger partial charge on any atom is -0.371 e. The molecule has 2 N–H and O–H groups in total. The van der Waals surface area contributed by atoms with Gasteiger partial charge in [0.05, 0.1) is 33.6 Å². The molecule has 31 heavy (non-hydrogen) atoms. The number of aliphatic hydroxyl groups excluding tert-OH is 1. The van der Waals surface area contributed by atoms with Gasteiger partial charge in [0.15, 0.2) is 6.23 Å². The molecular weight excluding hydrogens is 452 g/mol. The van der Waals surface area contributed by atoms with Crippen LogP contribution in [0.4, 0.5) is 32.0 Å². The number of carbonyl (C=O) groups excluding carboxylic acids is 1. The average Bonchev–Trinajstić information content (AvgIpc) is 2.68. The molecule has 0 saturated carbocycles. The Morgan fingerprint density at radius 2 is 1.58 bits per heavy atom. The zero-order valence-electron chi connectivity index (χ0n) is 15.0. The number of rotatable bonds is 1. The van der Waals surface area contributed by atoms with Gasteiger partial charge in [0.1, 0.15) is 0 Å². The number of carbonyl (C=O) groups is 1. The maximum absolute atomic E-state index is 13.2. The van der Waals surface area contributed by atoms with E-state index in [0.717, 1.165) is 0 Å². The van der Waals surface area contributed by atoms with E-state index in [1.807, 2.05) is 0 Å². The molecule has 0 aliphatic carbocycles. The van der Waals surface area contributed by atoms with E-state index in [0.29, 0.717) is 33.1 Å². The third-order valence-corrected chi connectivity index (χ3v) is 4.82. The third-order valence-electron chi connectivity index (χ3n) is 4.58. The minimum absolute atomic E-state index is 0.0545. The van der Waals surface area contributed by atoms with E-state index in [-0.39, 0.29) is 17.3 Å². The van der Waals surface area contributed by atoms with Crippen LogP contribution in [-0.4, -0.2) is 16.0 Å². The molecule has 1 atom stereocenters. The number of aromatic nitrogens is 1. The number of halogens is 7. The number of fused-ring (bicyclic) bond motifs is 2. The first-order chi connectivity index (χ1) is 14.3. The molecule has 0 bridgehead atoms. The number of anilines is 1. The summed E-state index contributed by atoms with van der Waals surface area (Å²) in [5.41, 5.74) is -1.74. The molecular formula is C19H10ClF6N3O2. The van der Waals surface area contributed by atoms with Crippen molar-refractivity contribution >= 4 is 34.1 Å². The zero-order chi connectivity index (χ0) is 22.7. The monoisotopic (exact) mass is 461 g/mol.